The van der Waals surface area contributed by atoms with Crippen LogP contribution in [0.15, 0.2) is 66.2 Å². The molecule has 3 rings (SSSR count). The summed E-state index contributed by atoms with van der Waals surface area (Å²) in [5.74, 6) is 0.777. The van der Waals surface area contributed by atoms with Crippen LogP contribution < -0.4 is 0 Å². The van der Waals surface area contributed by atoms with Gasteiger partial charge in [-0.2, -0.15) is 0 Å². The largest absolute Gasteiger partial charge is 0.289 e. The van der Waals surface area contributed by atoms with Crippen molar-refractivity contribution in [2.24, 2.45) is 0 Å². The maximum atomic E-state index is 4.26. The number of aromatic nitrogens is 4. The number of benzene rings is 1. The summed E-state index contributed by atoms with van der Waals surface area (Å²) in [5, 5.41) is 9.76. The van der Waals surface area contributed by atoms with Crippen molar-refractivity contribution in [3.63, 3.8) is 0 Å². The molecule has 1 atom stereocenters. The van der Waals surface area contributed by atoms with E-state index in [0.717, 1.165) is 10.8 Å². The van der Waals surface area contributed by atoms with Gasteiger partial charge in [-0.25, -0.2) is 4.98 Å². The first-order chi connectivity index (χ1) is 9.83. The highest BCUT2D eigenvalue weighted by atomic mass is 32.2. The molecule has 0 spiro atoms. The molecule has 2 heterocycles. The highest BCUT2D eigenvalue weighted by Crippen LogP contribution is 2.33. The van der Waals surface area contributed by atoms with Crippen LogP contribution in [-0.4, -0.2) is 19.7 Å². The topological polar surface area (TPSA) is 43.6 Å². The Morgan fingerprint density at radius 3 is 2.55 bits per heavy atom. The van der Waals surface area contributed by atoms with Crippen molar-refractivity contribution in [1.29, 1.82) is 0 Å². The van der Waals surface area contributed by atoms with E-state index < -0.39 is 0 Å². The van der Waals surface area contributed by atoms with Crippen LogP contribution >= 0.6 is 11.8 Å². The molecule has 100 valence electrons. The number of hydrogen-bond donors (Lipinski definition) is 0. The summed E-state index contributed by atoms with van der Waals surface area (Å²) in [6.45, 7) is 2.17. The average Bonchev–Trinajstić information content (AvgIpc) is 3.03. The highest BCUT2D eigenvalue weighted by Gasteiger charge is 2.08. The van der Waals surface area contributed by atoms with Gasteiger partial charge in [0, 0.05) is 17.6 Å². The first-order valence-electron chi connectivity index (χ1n) is 6.36. The Balaban J connectivity index is 1.72. The lowest BCUT2D eigenvalue weighted by Gasteiger charge is -2.10. The minimum atomic E-state index is 0.351. The second-order valence-electron chi connectivity index (χ2n) is 4.37. The van der Waals surface area contributed by atoms with E-state index in [1.165, 1.54) is 5.56 Å². The van der Waals surface area contributed by atoms with E-state index in [2.05, 4.69) is 46.4 Å². The monoisotopic (exact) mass is 282 g/mol. The molecule has 3 aromatic rings. The van der Waals surface area contributed by atoms with Gasteiger partial charge < -0.3 is 0 Å². The lowest BCUT2D eigenvalue weighted by molar-refractivity contribution is 0.858. The van der Waals surface area contributed by atoms with E-state index in [4.69, 9.17) is 0 Å². The fraction of sp³-hybridized carbons (Fsp3) is 0.133. The zero-order valence-corrected chi connectivity index (χ0v) is 11.9. The molecule has 5 heteroatoms. The van der Waals surface area contributed by atoms with E-state index in [1.807, 2.05) is 29.0 Å². The number of hydrogen-bond acceptors (Lipinski definition) is 4. The van der Waals surface area contributed by atoms with Gasteiger partial charge in [0.15, 0.2) is 5.82 Å². The maximum absolute atomic E-state index is 4.26. The Kier molecular flexibility index (Phi) is 3.78. The third-order valence-corrected chi connectivity index (χ3v) is 4.05. The molecule has 0 saturated carbocycles. The highest BCUT2D eigenvalue weighted by molar-refractivity contribution is 7.99. The average molecular weight is 282 g/mol. The Labute approximate surface area is 121 Å². The van der Waals surface area contributed by atoms with Crippen LogP contribution in [0.4, 0.5) is 0 Å². The number of nitrogens with zero attached hydrogens (tertiary/aromatic N) is 4. The minimum absolute atomic E-state index is 0.351. The van der Waals surface area contributed by atoms with Gasteiger partial charge in [0.25, 0.3) is 0 Å². The molecular formula is C15H14N4S. The van der Waals surface area contributed by atoms with Crippen LogP contribution in [0.2, 0.25) is 0 Å². The van der Waals surface area contributed by atoms with Crippen molar-refractivity contribution in [1.82, 2.24) is 19.7 Å². The lowest BCUT2D eigenvalue weighted by atomic mass is 10.2. The van der Waals surface area contributed by atoms with Crippen LogP contribution in [-0.2, 0) is 0 Å². The third kappa shape index (κ3) is 2.88. The second kappa shape index (κ2) is 5.88. The molecule has 0 radical (unpaired) electrons. The van der Waals surface area contributed by atoms with Gasteiger partial charge in [0.05, 0.1) is 0 Å². The SMILES string of the molecule is C[C@@H](Sc1ccc(-n2ccnc2)nn1)c1ccccc1. The summed E-state index contributed by atoms with van der Waals surface area (Å²) in [6, 6.07) is 14.3. The molecule has 0 N–H and O–H groups in total. The summed E-state index contributed by atoms with van der Waals surface area (Å²) in [6.07, 6.45) is 5.29. The molecule has 0 amide bonds. The van der Waals surface area contributed by atoms with Gasteiger partial charge >= 0.3 is 0 Å². The van der Waals surface area contributed by atoms with Crippen molar-refractivity contribution in [2.75, 3.05) is 0 Å². The standard InChI is InChI=1S/C15H14N4S/c1-12(13-5-3-2-4-6-13)20-15-8-7-14(17-18-15)19-10-9-16-11-19/h2-12H,1H3/t12-/m1/s1. The molecule has 0 unspecified atom stereocenters. The van der Waals surface area contributed by atoms with Gasteiger partial charge in [-0.3, -0.25) is 4.57 Å². The lowest BCUT2D eigenvalue weighted by Crippen LogP contribution is -1.97. The molecule has 0 aliphatic rings. The van der Waals surface area contributed by atoms with Crippen LogP contribution in [0.1, 0.15) is 17.7 Å². The van der Waals surface area contributed by atoms with Gasteiger partial charge in [0.1, 0.15) is 11.4 Å². The summed E-state index contributed by atoms with van der Waals surface area (Å²) in [4.78, 5) is 4.00. The van der Waals surface area contributed by atoms with Crippen molar-refractivity contribution in [3.05, 3.63) is 66.7 Å². The van der Waals surface area contributed by atoms with Gasteiger partial charge in [-0.15, -0.1) is 10.2 Å². The van der Waals surface area contributed by atoms with E-state index in [-0.39, 0.29) is 0 Å². The summed E-state index contributed by atoms with van der Waals surface area (Å²) in [5.41, 5.74) is 1.29. The number of imidazole rings is 1. The first-order valence-corrected chi connectivity index (χ1v) is 7.24. The maximum Gasteiger partial charge on any atom is 0.160 e. The molecular weight excluding hydrogens is 268 g/mol. The zero-order valence-electron chi connectivity index (χ0n) is 11.0. The number of thioether (sulfide) groups is 1. The van der Waals surface area contributed by atoms with Crippen molar-refractivity contribution in [2.45, 2.75) is 17.2 Å². The smallest absolute Gasteiger partial charge is 0.160 e. The Morgan fingerprint density at radius 2 is 1.90 bits per heavy atom. The summed E-state index contributed by atoms with van der Waals surface area (Å²) in [7, 11) is 0. The van der Waals surface area contributed by atoms with E-state index in [9.17, 15) is 0 Å². The zero-order chi connectivity index (χ0) is 13.8. The first kappa shape index (κ1) is 12.9. The Morgan fingerprint density at radius 1 is 1.05 bits per heavy atom. The van der Waals surface area contributed by atoms with Crippen LogP contribution in [0.5, 0.6) is 0 Å². The molecule has 4 nitrogen and oxygen atoms in total. The predicted octanol–water partition coefficient (Wildman–Crippen LogP) is 3.52. The summed E-state index contributed by atoms with van der Waals surface area (Å²) < 4.78 is 1.84. The quantitative estimate of drug-likeness (QED) is 0.687. The van der Waals surface area contributed by atoms with Gasteiger partial charge in [-0.1, -0.05) is 42.1 Å². The van der Waals surface area contributed by atoms with Crippen LogP contribution in [0.25, 0.3) is 5.82 Å². The fourth-order valence-corrected chi connectivity index (χ4v) is 2.77. The molecule has 2 aromatic heterocycles. The normalized spacial score (nSPS) is 12.2. The van der Waals surface area contributed by atoms with Crippen molar-refractivity contribution in [3.8, 4) is 5.82 Å². The van der Waals surface area contributed by atoms with Crippen LogP contribution in [0.3, 0.4) is 0 Å². The Bertz CT molecular complexity index is 650. The van der Waals surface area contributed by atoms with Gasteiger partial charge in [0.2, 0.25) is 0 Å². The summed E-state index contributed by atoms with van der Waals surface area (Å²) >= 11 is 1.70. The molecule has 20 heavy (non-hydrogen) atoms. The van der Waals surface area contributed by atoms with Gasteiger partial charge in [-0.05, 0) is 24.6 Å². The number of rotatable bonds is 4. The third-order valence-electron chi connectivity index (χ3n) is 2.96. The molecule has 0 fully saturated rings. The predicted molar refractivity (Wildman–Crippen MR) is 79.9 cm³/mol. The van der Waals surface area contributed by atoms with E-state index >= 15 is 0 Å². The minimum Gasteiger partial charge on any atom is -0.289 e. The van der Waals surface area contributed by atoms with Crippen molar-refractivity contribution < 1.29 is 0 Å². The van der Waals surface area contributed by atoms with E-state index in [0.29, 0.717) is 5.25 Å². The molecule has 0 aliphatic heterocycles. The van der Waals surface area contributed by atoms with E-state index in [1.54, 1.807) is 24.3 Å². The van der Waals surface area contributed by atoms with Crippen LogP contribution in [0, 0.1) is 0 Å². The second-order valence-corrected chi connectivity index (χ2v) is 5.73. The Hall–Kier alpha value is -2.14. The fourth-order valence-electron chi connectivity index (χ4n) is 1.88. The molecule has 0 bridgehead atoms. The van der Waals surface area contributed by atoms with Crippen molar-refractivity contribution >= 4 is 11.8 Å². The molecule has 0 saturated heterocycles. The molecule has 0 aliphatic carbocycles. The molecule has 1 aromatic carbocycles.